The minimum atomic E-state index is -0.475. The number of thiazole rings is 1. The molecule has 0 unspecified atom stereocenters. The number of carbonyl (C=O) groups is 1. The predicted molar refractivity (Wildman–Crippen MR) is 95.8 cm³/mol. The van der Waals surface area contributed by atoms with Gasteiger partial charge in [-0.05, 0) is 18.6 Å². The molecule has 1 aromatic carbocycles. The first-order chi connectivity index (χ1) is 13.1. The van der Waals surface area contributed by atoms with E-state index in [0.29, 0.717) is 37.0 Å². The number of aromatic nitrogens is 4. The number of morpholine rings is 1. The van der Waals surface area contributed by atoms with Gasteiger partial charge in [0, 0.05) is 11.9 Å². The number of rotatable bonds is 2. The van der Waals surface area contributed by atoms with E-state index < -0.39 is 11.9 Å². The molecule has 0 aliphatic carbocycles. The lowest BCUT2D eigenvalue weighted by Crippen LogP contribution is -2.56. The van der Waals surface area contributed by atoms with Crippen LogP contribution < -0.4 is 0 Å². The molecule has 2 aliphatic rings. The molecule has 7 nitrogen and oxygen atoms in total. The molecule has 2 atom stereocenters. The first-order valence-corrected chi connectivity index (χ1v) is 9.56. The summed E-state index contributed by atoms with van der Waals surface area (Å²) < 4.78 is 22.2. The number of hydrogen-bond donors (Lipinski definition) is 0. The van der Waals surface area contributed by atoms with Crippen molar-refractivity contribution in [2.45, 2.75) is 25.6 Å². The minimum absolute atomic E-state index is 0.0830. The molecule has 2 aromatic heterocycles. The number of aryl methyl sites for hydroxylation is 1. The van der Waals surface area contributed by atoms with Crippen LogP contribution in [-0.2, 0) is 11.3 Å². The molecule has 138 valence electrons. The fourth-order valence-electron chi connectivity index (χ4n) is 3.79. The quantitative estimate of drug-likeness (QED) is 0.678. The molecule has 0 saturated carbocycles. The fourth-order valence-corrected chi connectivity index (χ4v) is 4.32. The largest absolute Gasteiger partial charge is 0.377 e. The highest BCUT2D eigenvalue weighted by Gasteiger charge is 2.44. The molecule has 1 saturated heterocycles. The summed E-state index contributed by atoms with van der Waals surface area (Å²) >= 11 is 1.49. The van der Waals surface area contributed by atoms with Gasteiger partial charge in [-0.25, -0.2) is 9.37 Å². The van der Waals surface area contributed by atoms with Gasteiger partial charge < -0.3 is 14.2 Å². The van der Waals surface area contributed by atoms with Crippen LogP contribution in [0, 0.1) is 12.7 Å². The molecular formula is C18H16FN5O2S. The maximum atomic E-state index is 14.5. The van der Waals surface area contributed by atoms with Gasteiger partial charge in [-0.15, -0.1) is 21.5 Å². The lowest BCUT2D eigenvalue weighted by molar-refractivity contribution is -0.0571. The van der Waals surface area contributed by atoms with Gasteiger partial charge in [0.05, 0.1) is 30.3 Å². The summed E-state index contributed by atoms with van der Waals surface area (Å²) in [5, 5.41) is 10.5. The van der Waals surface area contributed by atoms with E-state index >= 15 is 0 Å². The number of benzene rings is 1. The van der Waals surface area contributed by atoms with E-state index in [9.17, 15) is 9.18 Å². The highest BCUT2D eigenvalue weighted by molar-refractivity contribution is 7.07. The third-order valence-corrected chi connectivity index (χ3v) is 5.69. The molecular weight excluding hydrogens is 369 g/mol. The Labute approximate surface area is 158 Å². The zero-order valence-electron chi connectivity index (χ0n) is 14.5. The van der Waals surface area contributed by atoms with Crippen molar-refractivity contribution in [1.29, 1.82) is 0 Å². The Morgan fingerprint density at radius 1 is 1.33 bits per heavy atom. The van der Waals surface area contributed by atoms with E-state index in [1.54, 1.807) is 29.5 Å². The Bertz CT molecular complexity index is 1020. The van der Waals surface area contributed by atoms with Gasteiger partial charge in [-0.2, -0.15) is 0 Å². The molecule has 0 spiro atoms. The Balaban J connectivity index is 1.57. The summed E-state index contributed by atoms with van der Waals surface area (Å²) in [7, 11) is 0. The summed E-state index contributed by atoms with van der Waals surface area (Å²) in [5.41, 5.74) is 3.05. The number of nitrogens with zero attached hydrogens (tertiary/aromatic N) is 5. The first kappa shape index (κ1) is 16.5. The van der Waals surface area contributed by atoms with Crippen LogP contribution in [0.2, 0.25) is 0 Å². The summed E-state index contributed by atoms with van der Waals surface area (Å²) in [5.74, 6) is 0.531. The van der Waals surface area contributed by atoms with Gasteiger partial charge in [0.25, 0.3) is 5.91 Å². The van der Waals surface area contributed by atoms with Gasteiger partial charge in [0.2, 0.25) is 0 Å². The fraction of sp³-hybridized carbons (Fsp3) is 0.333. The summed E-state index contributed by atoms with van der Waals surface area (Å²) in [4.78, 5) is 19.2. The van der Waals surface area contributed by atoms with E-state index in [1.165, 1.54) is 17.4 Å². The van der Waals surface area contributed by atoms with Crippen molar-refractivity contribution in [2.75, 3.05) is 13.2 Å². The average molecular weight is 385 g/mol. The number of halogens is 1. The smallest absolute Gasteiger partial charge is 0.257 e. The van der Waals surface area contributed by atoms with Crippen LogP contribution in [0.25, 0.3) is 11.5 Å². The highest BCUT2D eigenvalue weighted by atomic mass is 32.1. The normalized spacial score (nSPS) is 21.2. The van der Waals surface area contributed by atoms with Crippen LogP contribution >= 0.6 is 11.3 Å². The van der Waals surface area contributed by atoms with Crippen LogP contribution in [-0.4, -0.2) is 49.8 Å². The number of carbonyl (C=O) groups excluding carboxylic acids is 1. The highest BCUT2D eigenvalue weighted by Crippen LogP contribution is 2.36. The lowest BCUT2D eigenvalue weighted by atomic mass is 10.0. The molecule has 2 aliphatic heterocycles. The molecule has 5 rings (SSSR count). The van der Waals surface area contributed by atoms with Crippen molar-refractivity contribution in [3.63, 3.8) is 0 Å². The average Bonchev–Trinajstić information content (AvgIpc) is 3.32. The van der Waals surface area contributed by atoms with Crippen molar-refractivity contribution < 1.29 is 13.9 Å². The lowest BCUT2D eigenvalue weighted by Gasteiger charge is -2.45. The number of hydrogen-bond acceptors (Lipinski definition) is 6. The monoisotopic (exact) mass is 385 g/mol. The third-order valence-electron chi connectivity index (χ3n) is 5.10. The van der Waals surface area contributed by atoms with Crippen molar-refractivity contribution in [1.82, 2.24) is 24.6 Å². The van der Waals surface area contributed by atoms with Crippen LogP contribution in [0.5, 0.6) is 0 Å². The second kappa shape index (κ2) is 6.21. The topological polar surface area (TPSA) is 73.1 Å². The maximum Gasteiger partial charge on any atom is 0.257 e. The number of ether oxygens (including phenoxy) is 1. The molecule has 3 aromatic rings. The second-order valence-electron chi connectivity index (χ2n) is 6.72. The summed E-state index contributed by atoms with van der Waals surface area (Å²) in [6.07, 6.45) is 0. The zero-order valence-corrected chi connectivity index (χ0v) is 15.3. The molecule has 1 fully saturated rings. The van der Waals surface area contributed by atoms with Crippen molar-refractivity contribution in [2.24, 2.45) is 0 Å². The summed E-state index contributed by atoms with van der Waals surface area (Å²) in [6, 6.07) is 4.27. The second-order valence-corrected chi connectivity index (χ2v) is 7.44. The molecule has 1 amide bonds. The first-order valence-electron chi connectivity index (χ1n) is 8.62. The number of amides is 1. The van der Waals surface area contributed by atoms with Gasteiger partial charge in [-0.1, -0.05) is 12.1 Å². The van der Waals surface area contributed by atoms with Gasteiger partial charge >= 0.3 is 0 Å². The van der Waals surface area contributed by atoms with Crippen molar-refractivity contribution >= 4 is 17.2 Å². The molecule has 9 heteroatoms. The van der Waals surface area contributed by atoms with Gasteiger partial charge in [0.15, 0.2) is 11.6 Å². The van der Waals surface area contributed by atoms with E-state index in [0.717, 1.165) is 5.69 Å². The molecule has 2 bridgehead atoms. The van der Waals surface area contributed by atoms with Crippen LogP contribution in [0.3, 0.4) is 0 Å². The van der Waals surface area contributed by atoms with Crippen LogP contribution in [0.15, 0.2) is 29.1 Å². The Kier molecular flexibility index (Phi) is 3.80. The molecule has 27 heavy (non-hydrogen) atoms. The Hall–Kier alpha value is -2.65. The number of fused-ring (bicyclic) bond motifs is 4. The predicted octanol–water partition coefficient (Wildman–Crippen LogP) is 2.45. The maximum absolute atomic E-state index is 14.5. The van der Waals surface area contributed by atoms with Crippen molar-refractivity contribution in [3.05, 3.63) is 51.9 Å². The molecule has 4 heterocycles. The Morgan fingerprint density at radius 3 is 3.04 bits per heavy atom. The zero-order chi connectivity index (χ0) is 18.5. The summed E-state index contributed by atoms with van der Waals surface area (Å²) in [6.45, 7) is 2.85. The molecule has 0 radical (unpaired) electrons. The minimum Gasteiger partial charge on any atom is -0.377 e. The standard InChI is InChI=1S/C18H16FN5O2S/c1-10-3-2-4-12(15(10)19)18(25)24-11-5-23-16(13-8-27-9-20-13)21-22-17(23)14(24)7-26-6-11/h2-4,8-9,11,14H,5-7H2,1H3/t11-,14-/m1/s1. The van der Waals surface area contributed by atoms with Crippen LogP contribution in [0.4, 0.5) is 4.39 Å². The van der Waals surface area contributed by atoms with E-state index in [1.807, 2.05) is 9.95 Å². The third kappa shape index (κ3) is 2.49. The van der Waals surface area contributed by atoms with Crippen LogP contribution in [0.1, 0.15) is 27.8 Å². The Morgan fingerprint density at radius 2 is 2.22 bits per heavy atom. The van der Waals surface area contributed by atoms with Crippen molar-refractivity contribution in [3.8, 4) is 11.5 Å². The van der Waals surface area contributed by atoms with Gasteiger partial charge in [-0.3, -0.25) is 4.79 Å². The van der Waals surface area contributed by atoms with E-state index in [4.69, 9.17) is 4.74 Å². The van der Waals surface area contributed by atoms with E-state index in [2.05, 4.69) is 15.2 Å². The van der Waals surface area contributed by atoms with E-state index in [-0.39, 0.29) is 17.5 Å². The van der Waals surface area contributed by atoms with Gasteiger partial charge in [0.1, 0.15) is 17.6 Å². The SMILES string of the molecule is Cc1cccc(C(=O)N2[C@H]3COC[C@@H]2c2nnc(-c4cscn4)n2C3)c1F. The molecule has 0 N–H and O–H groups in total.